The number of carbonyl (C=O) groups is 1. The molecule has 0 spiro atoms. The van der Waals surface area contributed by atoms with E-state index in [1.165, 1.54) is 17.4 Å². The topological polar surface area (TPSA) is 86.9 Å². The van der Waals surface area contributed by atoms with Crippen LogP contribution in [0, 0.1) is 5.92 Å². The predicted octanol–water partition coefficient (Wildman–Crippen LogP) is 1.34. The van der Waals surface area contributed by atoms with Gasteiger partial charge in [-0.25, -0.2) is 4.98 Å². The predicted molar refractivity (Wildman–Crippen MR) is 91.8 cm³/mol. The van der Waals surface area contributed by atoms with E-state index in [-0.39, 0.29) is 11.5 Å². The van der Waals surface area contributed by atoms with Gasteiger partial charge in [-0.15, -0.1) is 11.3 Å². The highest BCUT2D eigenvalue weighted by Crippen LogP contribution is 2.35. The molecule has 1 atom stereocenters. The number of hydrogen-bond donors (Lipinski definition) is 3. The number of thiophene rings is 1. The van der Waals surface area contributed by atoms with Gasteiger partial charge < -0.3 is 15.6 Å². The van der Waals surface area contributed by atoms with Crippen LogP contribution in [0.1, 0.15) is 36.5 Å². The van der Waals surface area contributed by atoms with Crippen molar-refractivity contribution in [1.29, 1.82) is 0 Å². The second-order valence-electron chi connectivity index (χ2n) is 6.20. The lowest BCUT2D eigenvalue weighted by Crippen LogP contribution is -2.30. The molecule has 3 rings (SSSR count). The summed E-state index contributed by atoms with van der Waals surface area (Å²) in [5.41, 5.74) is 1.18. The van der Waals surface area contributed by atoms with Gasteiger partial charge in [0.2, 0.25) is 5.91 Å². The third kappa shape index (κ3) is 3.61. The third-order valence-electron chi connectivity index (χ3n) is 4.18. The van der Waals surface area contributed by atoms with Gasteiger partial charge in [-0.3, -0.25) is 9.59 Å². The lowest BCUT2D eigenvalue weighted by atomic mass is 9.89. The fraction of sp³-hybridized carbons (Fsp3) is 0.562. The molecule has 0 radical (unpaired) electrons. The summed E-state index contributed by atoms with van der Waals surface area (Å²) in [5.74, 6) is 1.29. The molecule has 6 nitrogen and oxygen atoms in total. The first-order valence-electron chi connectivity index (χ1n) is 8.03. The van der Waals surface area contributed by atoms with Gasteiger partial charge in [0.15, 0.2) is 0 Å². The summed E-state index contributed by atoms with van der Waals surface area (Å²) >= 11 is 1.66. The van der Waals surface area contributed by atoms with Gasteiger partial charge in [0.05, 0.1) is 11.9 Å². The second kappa shape index (κ2) is 6.80. The maximum Gasteiger partial charge on any atom is 0.259 e. The Labute approximate surface area is 138 Å². The summed E-state index contributed by atoms with van der Waals surface area (Å²) in [7, 11) is 0. The van der Waals surface area contributed by atoms with Crippen LogP contribution < -0.4 is 16.2 Å². The SMILES string of the molecule is CC(=O)NCCNCc1nc2sc3c(c2c(=O)[nH]1)CCC(C)C3. The highest BCUT2D eigenvalue weighted by molar-refractivity contribution is 7.18. The summed E-state index contributed by atoms with van der Waals surface area (Å²) in [6.45, 7) is 5.44. The van der Waals surface area contributed by atoms with Crippen molar-refractivity contribution in [3.8, 4) is 0 Å². The maximum absolute atomic E-state index is 12.4. The summed E-state index contributed by atoms with van der Waals surface area (Å²) in [6.07, 6.45) is 3.18. The lowest BCUT2D eigenvalue weighted by Gasteiger charge is -2.17. The van der Waals surface area contributed by atoms with Gasteiger partial charge in [-0.1, -0.05) is 6.92 Å². The number of aryl methyl sites for hydroxylation is 1. The Kier molecular flexibility index (Phi) is 4.77. The van der Waals surface area contributed by atoms with Crippen LogP contribution in [-0.2, 0) is 24.2 Å². The van der Waals surface area contributed by atoms with E-state index in [2.05, 4.69) is 27.5 Å². The lowest BCUT2D eigenvalue weighted by molar-refractivity contribution is -0.118. The highest BCUT2D eigenvalue weighted by atomic mass is 32.1. The van der Waals surface area contributed by atoms with E-state index in [9.17, 15) is 9.59 Å². The van der Waals surface area contributed by atoms with Crippen LogP contribution in [0.2, 0.25) is 0 Å². The zero-order chi connectivity index (χ0) is 16.4. The fourth-order valence-electron chi connectivity index (χ4n) is 3.01. The Morgan fingerprint density at radius 2 is 2.26 bits per heavy atom. The van der Waals surface area contributed by atoms with Crippen molar-refractivity contribution in [3.05, 3.63) is 26.6 Å². The molecule has 3 N–H and O–H groups in total. The van der Waals surface area contributed by atoms with E-state index in [4.69, 9.17) is 0 Å². The standard InChI is InChI=1S/C16H22N4O2S/c1-9-3-4-11-12(7-9)23-16-14(11)15(22)19-13(20-16)8-17-5-6-18-10(2)21/h9,17H,3-8H2,1-2H3,(H,18,21)(H,19,20,22). The third-order valence-corrected chi connectivity index (χ3v) is 5.33. The van der Waals surface area contributed by atoms with Crippen molar-refractivity contribution in [2.45, 2.75) is 39.7 Å². The van der Waals surface area contributed by atoms with Gasteiger partial charge >= 0.3 is 0 Å². The molecule has 1 aliphatic rings. The van der Waals surface area contributed by atoms with Crippen LogP contribution in [0.4, 0.5) is 0 Å². The minimum absolute atomic E-state index is 0.0271. The molecule has 124 valence electrons. The van der Waals surface area contributed by atoms with E-state index < -0.39 is 0 Å². The molecule has 1 aliphatic carbocycles. The molecule has 0 bridgehead atoms. The fourth-order valence-corrected chi connectivity index (χ4v) is 4.41. The van der Waals surface area contributed by atoms with Crippen molar-refractivity contribution in [2.24, 2.45) is 5.92 Å². The number of fused-ring (bicyclic) bond motifs is 3. The number of aromatic amines is 1. The number of rotatable bonds is 5. The molecule has 23 heavy (non-hydrogen) atoms. The van der Waals surface area contributed by atoms with Gasteiger partial charge in [0.1, 0.15) is 10.7 Å². The van der Waals surface area contributed by atoms with Crippen molar-refractivity contribution >= 4 is 27.5 Å². The normalized spacial score (nSPS) is 17.2. The molecular weight excluding hydrogens is 312 g/mol. The van der Waals surface area contributed by atoms with Gasteiger partial charge in [-0.2, -0.15) is 0 Å². The molecule has 2 aromatic rings. The van der Waals surface area contributed by atoms with Crippen LogP contribution in [0.3, 0.4) is 0 Å². The van der Waals surface area contributed by atoms with E-state index in [1.807, 2.05) is 0 Å². The quantitative estimate of drug-likeness (QED) is 0.720. The number of nitrogens with one attached hydrogen (secondary N) is 3. The molecule has 0 aliphatic heterocycles. The summed E-state index contributed by atoms with van der Waals surface area (Å²) in [4.78, 5) is 32.9. The number of H-pyrrole nitrogens is 1. The number of carbonyl (C=O) groups excluding carboxylic acids is 1. The first-order chi connectivity index (χ1) is 11.0. The van der Waals surface area contributed by atoms with Crippen molar-refractivity contribution in [2.75, 3.05) is 13.1 Å². The molecule has 7 heteroatoms. The first kappa shape index (κ1) is 16.1. The van der Waals surface area contributed by atoms with Gasteiger partial charge in [0, 0.05) is 24.9 Å². The van der Waals surface area contributed by atoms with E-state index in [1.54, 1.807) is 11.3 Å². The zero-order valence-electron chi connectivity index (χ0n) is 13.5. The molecular formula is C16H22N4O2S. The molecule has 0 saturated heterocycles. The monoisotopic (exact) mass is 334 g/mol. The largest absolute Gasteiger partial charge is 0.355 e. The average molecular weight is 334 g/mol. The average Bonchev–Trinajstić information content (AvgIpc) is 2.84. The minimum Gasteiger partial charge on any atom is -0.355 e. The maximum atomic E-state index is 12.4. The Bertz CT molecular complexity index is 780. The first-order valence-corrected chi connectivity index (χ1v) is 8.85. The molecule has 1 unspecified atom stereocenters. The Hall–Kier alpha value is -1.73. The molecule has 0 saturated carbocycles. The van der Waals surface area contributed by atoms with Crippen molar-refractivity contribution < 1.29 is 4.79 Å². The number of hydrogen-bond acceptors (Lipinski definition) is 5. The van der Waals surface area contributed by atoms with Crippen molar-refractivity contribution in [1.82, 2.24) is 20.6 Å². The van der Waals surface area contributed by atoms with Gasteiger partial charge in [-0.05, 0) is 30.7 Å². The molecule has 0 aromatic carbocycles. The van der Waals surface area contributed by atoms with Crippen LogP contribution >= 0.6 is 11.3 Å². The van der Waals surface area contributed by atoms with Crippen LogP contribution in [0.25, 0.3) is 10.2 Å². The van der Waals surface area contributed by atoms with Crippen molar-refractivity contribution in [3.63, 3.8) is 0 Å². The Morgan fingerprint density at radius 3 is 3.04 bits per heavy atom. The highest BCUT2D eigenvalue weighted by Gasteiger charge is 2.22. The minimum atomic E-state index is -0.0434. The Balaban J connectivity index is 1.74. The Morgan fingerprint density at radius 1 is 1.43 bits per heavy atom. The molecule has 2 heterocycles. The summed E-state index contributed by atoms with van der Waals surface area (Å²) < 4.78 is 0. The van der Waals surface area contributed by atoms with E-state index in [0.717, 1.165) is 29.5 Å². The van der Waals surface area contributed by atoms with Crippen LogP contribution in [-0.4, -0.2) is 29.0 Å². The summed E-state index contributed by atoms with van der Waals surface area (Å²) in [5, 5.41) is 6.68. The molecule has 2 aromatic heterocycles. The second-order valence-corrected chi connectivity index (χ2v) is 7.29. The van der Waals surface area contributed by atoms with Crippen LogP contribution in [0.15, 0.2) is 4.79 Å². The smallest absolute Gasteiger partial charge is 0.259 e. The number of aromatic nitrogens is 2. The molecule has 0 fully saturated rings. The molecule has 1 amide bonds. The zero-order valence-corrected chi connectivity index (χ0v) is 14.3. The van der Waals surface area contributed by atoms with E-state index in [0.29, 0.717) is 31.4 Å². The van der Waals surface area contributed by atoms with Crippen LogP contribution in [0.5, 0.6) is 0 Å². The number of amides is 1. The number of nitrogens with zero attached hydrogens (tertiary/aromatic N) is 1. The van der Waals surface area contributed by atoms with Gasteiger partial charge in [0.25, 0.3) is 5.56 Å². The summed E-state index contributed by atoms with van der Waals surface area (Å²) in [6, 6.07) is 0. The van der Waals surface area contributed by atoms with E-state index >= 15 is 0 Å².